The van der Waals surface area contributed by atoms with Crippen LogP contribution >= 0.6 is 0 Å². The highest BCUT2D eigenvalue weighted by molar-refractivity contribution is 6.19. The summed E-state index contributed by atoms with van der Waals surface area (Å²) < 4.78 is 6.52. The summed E-state index contributed by atoms with van der Waals surface area (Å²) in [5.74, 6) is 0. The average Bonchev–Trinajstić information content (AvgIpc) is 3.93. The van der Waals surface area contributed by atoms with Gasteiger partial charge in [-0.25, -0.2) is 0 Å². The fraction of sp³-hybridized carbons (Fsp3) is 0. The summed E-state index contributed by atoms with van der Waals surface area (Å²) in [4.78, 5) is 3.87. The Bertz CT molecular complexity index is 3630. The summed E-state index contributed by atoms with van der Waals surface area (Å²) >= 11 is 0. The molecule has 0 saturated carbocycles. The Kier molecular flexibility index (Phi) is 8.42. The Morgan fingerprint density at radius 3 is 1.55 bits per heavy atom. The summed E-state index contributed by atoms with van der Waals surface area (Å²) in [6, 6.07) is 74.6. The molecule has 1 N–H and O–H groups in total. The maximum absolute atomic E-state index is 6.52. The molecule has 12 aromatic rings. The molecule has 0 aliphatic rings. The molecule has 0 aliphatic carbocycles. The number of rotatable bonds is 7. The highest BCUT2D eigenvalue weighted by Gasteiger charge is 2.30. The fourth-order valence-electron chi connectivity index (χ4n) is 9.41. The zero-order valence-corrected chi connectivity index (χ0v) is 33.5. The van der Waals surface area contributed by atoms with E-state index in [0.29, 0.717) is 5.69 Å². The van der Waals surface area contributed by atoms with E-state index in [1.54, 1.807) is 0 Å². The monoisotopic (exact) mass is 792 g/mol. The van der Waals surface area contributed by atoms with E-state index in [9.17, 15) is 0 Å². The normalized spacial score (nSPS) is 11.5. The third-order valence-corrected chi connectivity index (χ3v) is 12.1. The number of para-hydroxylation sites is 3. The van der Waals surface area contributed by atoms with E-state index in [0.717, 1.165) is 111 Å². The number of H-pyrrole nitrogens is 1. The number of hydrogen-bond donors (Lipinski definition) is 1. The molecule has 0 saturated heterocycles. The largest absolute Gasteiger partial charge is 0.456 e. The Balaban J connectivity index is 1.31. The standard InChI is InChI=1S/C57H36N4O/c1-4-18-36(19-5-1)39-24-10-11-26-43(39)56-54(57(60-61-59-56)46-30-17-33-50-51(46)45-27-13-15-32-49(45)62-50)53-41(38-22-8-3-9-23-38)35-34-40(37-20-6-2-7-21-37)52(53)47-29-16-28-44-42-25-12-14-31-48(42)58-55(44)47/h1-35,58H. The molecule has 3 heterocycles. The van der Waals surface area contributed by atoms with Crippen LogP contribution in [0.15, 0.2) is 217 Å². The van der Waals surface area contributed by atoms with Gasteiger partial charge in [0.2, 0.25) is 0 Å². The van der Waals surface area contributed by atoms with Crippen molar-refractivity contribution in [2.75, 3.05) is 0 Å². The Morgan fingerprint density at radius 1 is 0.323 bits per heavy atom. The Morgan fingerprint density at radius 2 is 0.823 bits per heavy atom. The molecule has 0 radical (unpaired) electrons. The van der Waals surface area contributed by atoms with Gasteiger partial charge in [-0.2, -0.15) is 0 Å². The maximum atomic E-state index is 6.52. The SMILES string of the molecule is c1ccc(-c2ccccc2-c2nnnc(-c3cccc4oc5ccccc5c34)c2-c2c(-c3ccccc3)ccc(-c3ccccc3)c2-c2cccc3c2[nH]c2ccccc23)cc1. The van der Waals surface area contributed by atoms with E-state index < -0.39 is 0 Å². The smallest absolute Gasteiger partial charge is 0.136 e. The van der Waals surface area contributed by atoms with Crippen LogP contribution in [0, 0.1) is 0 Å². The number of fused-ring (bicyclic) bond motifs is 6. The third kappa shape index (κ3) is 5.75. The molecule has 0 aliphatic heterocycles. The summed E-state index contributed by atoms with van der Waals surface area (Å²) in [5, 5.41) is 19.2. The molecular weight excluding hydrogens is 757 g/mol. The second-order valence-electron chi connectivity index (χ2n) is 15.6. The van der Waals surface area contributed by atoms with Crippen LogP contribution in [0.5, 0.6) is 0 Å². The van der Waals surface area contributed by atoms with Crippen molar-refractivity contribution >= 4 is 43.7 Å². The molecule has 5 heteroatoms. The third-order valence-electron chi connectivity index (χ3n) is 12.1. The first-order valence-corrected chi connectivity index (χ1v) is 20.9. The number of benzene rings is 9. The van der Waals surface area contributed by atoms with Crippen LogP contribution in [0.2, 0.25) is 0 Å². The van der Waals surface area contributed by atoms with Gasteiger partial charge >= 0.3 is 0 Å². The van der Waals surface area contributed by atoms with Crippen molar-refractivity contribution in [3.8, 4) is 78.1 Å². The van der Waals surface area contributed by atoms with Crippen molar-refractivity contribution in [1.29, 1.82) is 0 Å². The summed E-state index contributed by atoms with van der Waals surface area (Å²) in [6.07, 6.45) is 0. The molecule has 0 unspecified atom stereocenters. The molecule has 0 amide bonds. The molecule has 3 aromatic heterocycles. The molecule has 12 rings (SSSR count). The van der Waals surface area contributed by atoms with Crippen molar-refractivity contribution in [3.63, 3.8) is 0 Å². The van der Waals surface area contributed by atoms with Gasteiger partial charge in [0, 0.05) is 60.4 Å². The van der Waals surface area contributed by atoms with Crippen molar-refractivity contribution in [2.24, 2.45) is 0 Å². The van der Waals surface area contributed by atoms with E-state index >= 15 is 0 Å². The minimum Gasteiger partial charge on any atom is -0.456 e. The van der Waals surface area contributed by atoms with Gasteiger partial charge in [-0.15, -0.1) is 10.2 Å². The van der Waals surface area contributed by atoms with Crippen molar-refractivity contribution in [2.45, 2.75) is 0 Å². The lowest BCUT2D eigenvalue weighted by Crippen LogP contribution is -2.04. The molecule has 0 fully saturated rings. The first-order valence-electron chi connectivity index (χ1n) is 20.9. The lowest BCUT2D eigenvalue weighted by atomic mass is 9.79. The van der Waals surface area contributed by atoms with Crippen LogP contribution in [-0.4, -0.2) is 20.4 Å². The fourth-order valence-corrected chi connectivity index (χ4v) is 9.41. The molecule has 290 valence electrons. The minimum absolute atomic E-state index is 0.711. The first-order chi connectivity index (χ1) is 30.8. The summed E-state index contributed by atoms with van der Waals surface area (Å²) in [5.41, 5.74) is 17.5. The Hall–Kier alpha value is -8.41. The number of nitrogens with one attached hydrogen (secondary N) is 1. The van der Waals surface area contributed by atoms with Crippen molar-refractivity contribution in [1.82, 2.24) is 20.4 Å². The molecule has 0 spiro atoms. The van der Waals surface area contributed by atoms with Crippen molar-refractivity contribution in [3.05, 3.63) is 212 Å². The lowest BCUT2D eigenvalue weighted by molar-refractivity contribution is 0.669. The van der Waals surface area contributed by atoms with Gasteiger partial charge in [-0.05, 0) is 56.8 Å². The predicted octanol–water partition coefficient (Wildman–Crippen LogP) is 15.1. The molecule has 5 nitrogen and oxygen atoms in total. The molecule has 62 heavy (non-hydrogen) atoms. The summed E-state index contributed by atoms with van der Waals surface area (Å²) in [6.45, 7) is 0. The van der Waals surface area contributed by atoms with Gasteiger partial charge in [0.25, 0.3) is 0 Å². The van der Waals surface area contributed by atoms with E-state index in [2.05, 4.69) is 198 Å². The number of aromatic nitrogens is 4. The van der Waals surface area contributed by atoms with Gasteiger partial charge in [0.1, 0.15) is 22.6 Å². The van der Waals surface area contributed by atoms with Crippen LogP contribution in [-0.2, 0) is 0 Å². The number of hydrogen-bond acceptors (Lipinski definition) is 4. The number of furan rings is 1. The summed E-state index contributed by atoms with van der Waals surface area (Å²) in [7, 11) is 0. The van der Waals surface area contributed by atoms with Gasteiger partial charge in [-0.1, -0.05) is 194 Å². The van der Waals surface area contributed by atoms with Gasteiger partial charge < -0.3 is 9.40 Å². The topological polar surface area (TPSA) is 67.6 Å². The lowest BCUT2D eigenvalue weighted by Gasteiger charge is -2.24. The van der Waals surface area contributed by atoms with E-state index in [-0.39, 0.29) is 0 Å². The second kappa shape index (κ2) is 14.7. The Labute approximate surface area is 357 Å². The van der Waals surface area contributed by atoms with Crippen LogP contribution in [0.4, 0.5) is 0 Å². The zero-order valence-electron chi connectivity index (χ0n) is 33.5. The second-order valence-corrected chi connectivity index (χ2v) is 15.6. The average molecular weight is 793 g/mol. The quantitative estimate of drug-likeness (QED) is 0.175. The zero-order chi connectivity index (χ0) is 41.0. The maximum Gasteiger partial charge on any atom is 0.136 e. The molecule has 0 bridgehead atoms. The molecule has 0 atom stereocenters. The highest BCUT2D eigenvalue weighted by atomic mass is 16.3. The first kappa shape index (κ1) is 35.5. The minimum atomic E-state index is 0.711. The van der Waals surface area contributed by atoms with Crippen LogP contribution < -0.4 is 0 Å². The van der Waals surface area contributed by atoms with E-state index in [4.69, 9.17) is 14.6 Å². The number of nitrogens with zero attached hydrogens (tertiary/aromatic N) is 3. The van der Waals surface area contributed by atoms with Gasteiger partial charge in [0.15, 0.2) is 0 Å². The molecular formula is C57H36N4O. The van der Waals surface area contributed by atoms with Gasteiger partial charge in [0.05, 0.1) is 5.52 Å². The van der Waals surface area contributed by atoms with Crippen LogP contribution in [0.25, 0.3) is 122 Å². The highest BCUT2D eigenvalue weighted by Crippen LogP contribution is 2.53. The predicted molar refractivity (Wildman–Crippen MR) is 255 cm³/mol. The number of aromatic amines is 1. The van der Waals surface area contributed by atoms with Gasteiger partial charge in [-0.3, -0.25) is 0 Å². The van der Waals surface area contributed by atoms with Crippen molar-refractivity contribution < 1.29 is 4.42 Å². The van der Waals surface area contributed by atoms with Crippen LogP contribution in [0.1, 0.15) is 0 Å². The van der Waals surface area contributed by atoms with E-state index in [1.807, 2.05) is 24.3 Å². The van der Waals surface area contributed by atoms with Crippen LogP contribution in [0.3, 0.4) is 0 Å². The van der Waals surface area contributed by atoms with E-state index in [1.165, 1.54) is 5.39 Å². The molecule has 9 aromatic carbocycles.